The third kappa shape index (κ3) is 3.05. The molecule has 2 rings (SSSR count). The predicted octanol–water partition coefficient (Wildman–Crippen LogP) is 1.90. The van der Waals surface area contributed by atoms with Crippen LogP contribution in [-0.2, 0) is 0 Å². The van der Waals surface area contributed by atoms with Crippen molar-refractivity contribution >= 4 is 23.4 Å². The fourth-order valence-corrected chi connectivity index (χ4v) is 2.21. The predicted molar refractivity (Wildman–Crippen MR) is 69.9 cm³/mol. The zero-order valence-electron chi connectivity index (χ0n) is 10.1. The van der Waals surface area contributed by atoms with Crippen LogP contribution in [0, 0.1) is 12.7 Å². The lowest BCUT2D eigenvalue weighted by Gasteiger charge is -2.03. The zero-order chi connectivity index (χ0) is 14.0. The Kier molecular flexibility index (Phi) is 3.75. The van der Waals surface area contributed by atoms with Gasteiger partial charge in [0.1, 0.15) is 11.6 Å². The minimum atomic E-state index is -0.542. The van der Waals surface area contributed by atoms with Crippen molar-refractivity contribution in [1.29, 1.82) is 0 Å². The summed E-state index contributed by atoms with van der Waals surface area (Å²) < 4.78 is 19.1. The van der Waals surface area contributed by atoms with Gasteiger partial charge < -0.3 is 10.3 Å². The number of nitrogens with zero attached hydrogens (tertiary/aromatic N) is 1. The minimum absolute atomic E-state index is 0.103. The molecule has 0 radical (unpaired) electrons. The van der Waals surface area contributed by atoms with Crippen LogP contribution in [0.5, 0.6) is 0 Å². The normalized spacial score (nSPS) is 10.6. The molecular weight excluding hydrogens is 271 g/mol. The molecule has 0 aliphatic rings. The molecule has 1 aromatic heterocycles. The van der Waals surface area contributed by atoms with Crippen LogP contribution in [-0.4, -0.2) is 16.4 Å². The number of rotatable bonds is 3. The van der Waals surface area contributed by atoms with E-state index in [1.165, 1.54) is 18.2 Å². The Morgan fingerprint density at radius 3 is 2.79 bits per heavy atom. The van der Waals surface area contributed by atoms with Gasteiger partial charge in [-0.05, 0) is 25.1 Å². The van der Waals surface area contributed by atoms with Gasteiger partial charge in [-0.1, -0.05) is 0 Å². The number of hydrogen-bond donors (Lipinski definition) is 1. The Hall–Kier alpha value is -2.02. The van der Waals surface area contributed by atoms with Gasteiger partial charge in [-0.2, -0.15) is 0 Å². The van der Waals surface area contributed by atoms with Crippen LogP contribution in [0.2, 0.25) is 0 Å². The average Bonchev–Trinajstić information content (AvgIpc) is 2.67. The fourth-order valence-electron chi connectivity index (χ4n) is 1.45. The van der Waals surface area contributed by atoms with Gasteiger partial charge in [-0.25, -0.2) is 4.39 Å². The summed E-state index contributed by atoms with van der Waals surface area (Å²) in [6, 6.07) is 5.42. The number of aromatic nitrogens is 1. The third-order valence-corrected chi connectivity index (χ3v) is 3.33. The molecule has 1 aromatic carbocycles. The lowest BCUT2D eigenvalue weighted by atomic mass is 10.3. The van der Waals surface area contributed by atoms with Crippen molar-refractivity contribution in [3.8, 4) is 0 Å². The number of halogens is 1. The van der Waals surface area contributed by atoms with Gasteiger partial charge in [0.2, 0.25) is 0 Å². The van der Waals surface area contributed by atoms with Crippen molar-refractivity contribution in [2.24, 2.45) is 0 Å². The maximum atomic E-state index is 13.5. The largest absolute Gasteiger partial charge is 0.399 e. The number of nitrogen functional groups attached to an aromatic ring is 1. The van der Waals surface area contributed by atoms with Gasteiger partial charge in [-0.3, -0.25) is 9.59 Å². The summed E-state index contributed by atoms with van der Waals surface area (Å²) in [7, 11) is 0. The molecule has 2 aromatic rings. The van der Waals surface area contributed by atoms with Crippen molar-refractivity contribution in [3.63, 3.8) is 0 Å². The van der Waals surface area contributed by atoms with Crippen LogP contribution >= 0.6 is 11.8 Å². The summed E-state index contributed by atoms with van der Waals surface area (Å²) in [5, 5.41) is 0. The van der Waals surface area contributed by atoms with Crippen LogP contribution in [0.25, 0.3) is 0 Å². The molecule has 100 valence electrons. The monoisotopic (exact) mass is 282 g/mol. The number of anilines is 1. The van der Waals surface area contributed by atoms with E-state index in [4.69, 9.17) is 10.3 Å². The molecule has 19 heavy (non-hydrogen) atoms. The van der Waals surface area contributed by atoms with Crippen molar-refractivity contribution in [2.45, 2.75) is 11.8 Å². The topological polar surface area (TPSA) is 78.2 Å². The summed E-state index contributed by atoms with van der Waals surface area (Å²) in [6.45, 7) is 1.57. The molecule has 0 aliphatic heterocycles. The first-order chi connectivity index (χ1) is 8.97. The van der Waals surface area contributed by atoms with Crippen LogP contribution < -0.4 is 11.3 Å². The van der Waals surface area contributed by atoms with Crippen LogP contribution in [0.15, 0.2) is 38.5 Å². The van der Waals surface area contributed by atoms with E-state index in [0.29, 0.717) is 21.1 Å². The van der Waals surface area contributed by atoms with Crippen molar-refractivity contribution in [3.05, 3.63) is 46.2 Å². The Morgan fingerprint density at radius 2 is 2.21 bits per heavy atom. The smallest absolute Gasteiger partial charge is 0.290 e. The summed E-state index contributed by atoms with van der Waals surface area (Å²) in [5.74, 6) is -0.796. The van der Waals surface area contributed by atoms with Crippen molar-refractivity contribution < 1.29 is 13.7 Å². The molecule has 0 spiro atoms. The Balaban J connectivity index is 2.08. The van der Waals surface area contributed by atoms with E-state index in [1.54, 1.807) is 13.0 Å². The molecule has 0 amide bonds. The number of carbonyl (C=O) groups excluding carboxylic acids is 1. The lowest BCUT2D eigenvalue weighted by Crippen LogP contribution is -2.23. The Morgan fingerprint density at radius 1 is 1.47 bits per heavy atom. The summed E-state index contributed by atoms with van der Waals surface area (Å²) in [5.41, 5.74) is 5.20. The highest BCUT2D eigenvalue weighted by Crippen LogP contribution is 2.23. The molecule has 0 aliphatic carbocycles. The highest BCUT2D eigenvalue weighted by Gasteiger charge is 2.13. The lowest BCUT2D eigenvalue weighted by molar-refractivity contribution is 0.0813. The molecule has 0 saturated carbocycles. The van der Waals surface area contributed by atoms with Crippen molar-refractivity contribution in [1.82, 2.24) is 4.74 Å². The van der Waals surface area contributed by atoms with Gasteiger partial charge in [0, 0.05) is 16.6 Å². The first-order valence-corrected chi connectivity index (χ1v) is 6.37. The minimum Gasteiger partial charge on any atom is -0.399 e. The molecule has 5 nitrogen and oxygen atoms in total. The average molecular weight is 282 g/mol. The number of thioether (sulfide) groups is 1. The second-order valence-electron chi connectivity index (χ2n) is 3.85. The first-order valence-electron chi connectivity index (χ1n) is 5.38. The zero-order valence-corrected chi connectivity index (χ0v) is 10.9. The third-order valence-electron chi connectivity index (χ3n) is 2.30. The molecule has 7 heteroatoms. The molecule has 0 bridgehead atoms. The number of benzene rings is 1. The van der Waals surface area contributed by atoms with Gasteiger partial charge in [0.25, 0.3) is 11.5 Å². The second kappa shape index (κ2) is 5.31. The highest BCUT2D eigenvalue weighted by molar-refractivity contribution is 8.00. The van der Waals surface area contributed by atoms with E-state index in [0.717, 1.165) is 11.8 Å². The van der Waals surface area contributed by atoms with Gasteiger partial charge in [-0.15, -0.1) is 16.5 Å². The second-order valence-corrected chi connectivity index (χ2v) is 4.87. The summed E-state index contributed by atoms with van der Waals surface area (Å²) >= 11 is 0.977. The van der Waals surface area contributed by atoms with E-state index in [-0.39, 0.29) is 5.75 Å². The van der Waals surface area contributed by atoms with Crippen molar-refractivity contribution in [2.75, 3.05) is 11.5 Å². The number of aryl methyl sites for hydroxylation is 1. The van der Waals surface area contributed by atoms with E-state index in [1.807, 2.05) is 0 Å². The molecular formula is C12H11FN2O3S. The van der Waals surface area contributed by atoms with E-state index < -0.39 is 17.3 Å². The van der Waals surface area contributed by atoms with Gasteiger partial charge in [0.15, 0.2) is 0 Å². The van der Waals surface area contributed by atoms with Gasteiger partial charge in [0.05, 0.1) is 5.75 Å². The molecule has 0 saturated heterocycles. The number of carbonyl (C=O) groups is 1. The standard InChI is InChI=1S/C12H11FN2O3S/c1-7-4-11(16)15(18-7)12(17)6-19-10-3-2-8(14)5-9(10)13/h2-5H,6,14H2,1H3. The Bertz CT molecular complexity index is 678. The molecule has 0 fully saturated rings. The number of nitrogens with two attached hydrogens (primary N) is 1. The Labute approximate surface area is 112 Å². The first kappa shape index (κ1) is 13.4. The molecule has 2 N–H and O–H groups in total. The fraction of sp³-hybridized carbons (Fsp3) is 0.167. The summed E-state index contributed by atoms with van der Waals surface area (Å²) in [4.78, 5) is 23.4. The summed E-state index contributed by atoms with van der Waals surface area (Å²) in [6.07, 6.45) is 0. The van der Waals surface area contributed by atoms with Gasteiger partial charge >= 0.3 is 0 Å². The number of hydrogen-bond acceptors (Lipinski definition) is 5. The maximum Gasteiger partial charge on any atom is 0.290 e. The van der Waals surface area contributed by atoms with E-state index >= 15 is 0 Å². The maximum absolute atomic E-state index is 13.5. The highest BCUT2D eigenvalue weighted by atomic mass is 32.2. The SMILES string of the molecule is Cc1cc(=O)n(C(=O)CSc2ccc(N)cc2F)o1. The van der Waals surface area contributed by atoms with Crippen LogP contribution in [0.4, 0.5) is 10.1 Å². The quantitative estimate of drug-likeness (QED) is 0.687. The molecule has 1 heterocycles. The van der Waals surface area contributed by atoms with E-state index in [9.17, 15) is 14.0 Å². The molecule has 0 unspecified atom stereocenters. The van der Waals surface area contributed by atoms with Crippen LogP contribution in [0.3, 0.4) is 0 Å². The van der Waals surface area contributed by atoms with Crippen LogP contribution in [0.1, 0.15) is 10.6 Å². The molecule has 0 atom stereocenters. The van der Waals surface area contributed by atoms with E-state index in [2.05, 4.69) is 0 Å².